The third-order valence-electron chi connectivity index (χ3n) is 4.53. The molecule has 0 bridgehead atoms. The van der Waals surface area contributed by atoms with E-state index < -0.39 is 12.5 Å². The number of rotatable bonds is 8. The highest BCUT2D eigenvalue weighted by molar-refractivity contribution is 5.95. The fourth-order valence-corrected chi connectivity index (χ4v) is 2.95. The largest absolute Gasteiger partial charge is 0.434 e. The highest BCUT2D eigenvalue weighted by Gasteiger charge is 2.09. The molecule has 3 aromatic carbocycles. The van der Waals surface area contributed by atoms with E-state index in [1.54, 1.807) is 42.5 Å². The van der Waals surface area contributed by atoms with Crippen LogP contribution >= 0.6 is 0 Å². The third kappa shape index (κ3) is 5.82. The predicted octanol–water partition coefficient (Wildman–Crippen LogP) is 3.75. The summed E-state index contributed by atoms with van der Waals surface area (Å²) in [5.41, 5.74) is 4.81. The number of hydrogen-bond acceptors (Lipinski definition) is 6. The molecule has 0 atom stereocenters. The zero-order valence-corrected chi connectivity index (χ0v) is 17.2. The molecule has 8 nitrogen and oxygen atoms in total. The Morgan fingerprint density at radius 2 is 1.76 bits per heavy atom. The highest BCUT2D eigenvalue weighted by Crippen LogP contribution is 2.18. The molecule has 0 spiro atoms. The van der Waals surface area contributed by atoms with Crippen LogP contribution in [0.25, 0.3) is 11.4 Å². The quantitative estimate of drug-likeness (QED) is 0.327. The topological polar surface area (TPSA) is 94.3 Å². The van der Waals surface area contributed by atoms with Gasteiger partial charge in [-0.25, -0.2) is 5.43 Å². The van der Waals surface area contributed by atoms with Crippen molar-refractivity contribution in [3.05, 3.63) is 95.6 Å². The lowest BCUT2D eigenvalue weighted by molar-refractivity contribution is -0.0499. The van der Waals surface area contributed by atoms with Gasteiger partial charge >= 0.3 is 6.61 Å². The van der Waals surface area contributed by atoms with Gasteiger partial charge in [0.1, 0.15) is 5.75 Å². The molecule has 10 heteroatoms. The van der Waals surface area contributed by atoms with Crippen molar-refractivity contribution >= 4 is 12.1 Å². The SMILES string of the molecule is O=C(N/N=C/c1ccccc1OC(F)F)c1ccc(Cn2nnc(-c3ccccc3)n2)cc1. The van der Waals surface area contributed by atoms with Crippen LogP contribution in [-0.4, -0.2) is 38.9 Å². The van der Waals surface area contributed by atoms with Gasteiger partial charge in [0.05, 0.1) is 12.8 Å². The van der Waals surface area contributed by atoms with Crippen LogP contribution in [0.15, 0.2) is 84.0 Å². The zero-order valence-electron chi connectivity index (χ0n) is 17.2. The standard InChI is InChI=1S/C23H18F2N6O2/c24-23(25)33-20-9-5-4-8-19(20)14-26-28-22(32)18-12-10-16(11-13-18)15-31-29-21(27-30-31)17-6-2-1-3-7-17/h1-14,23H,15H2,(H,28,32)/b26-14+. The summed E-state index contributed by atoms with van der Waals surface area (Å²) >= 11 is 0. The number of nitrogens with one attached hydrogen (secondary N) is 1. The van der Waals surface area contributed by atoms with E-state index in [1.165, 1.54) is 17.1 Å². The molecule has 0 radical (unpaired) electrons. The molecule has 1 amide bonds. The second kappa shape index (κ2) is 10.2. The van der Waals surface area contributed by atoms with E-state index in [-0.39, 0.29) is 5.75 Å². The Labute approximate surface area is 187 Å². The van der Waals surface area contributed by atoms with E-state index in [4.69, 9.17) is 0 Å². The fraction of sp³-hybridized carbons (Fsp3) is 0.0870. The normalized spacial score (nSPS) is 11.1. The van der Waals surface area contributed by atoms with Crippen molar-refractivity contribution in [1.82, 2.24) is 25.6 Å². The van der Waals surface area contributed by atoms with E-state index in [0.717, 1.165) is 11.1 Å². The monoisotopic (exact) mass is 448 g/mol. The van der Waals surface area contributed by atoms with Crippen LogP contribution in [0.1, 0.15) is 21.5 Å². The van der Waals surface area contributed by atoms with Gasteiger partial charge in [0.25, 0.3) is 5.91 Å². The number of nitrogens with zero attached hydrogens (tertiary/aromatic N) is 5. The van der Waals surface area contributed by atoms with Gasteiger partial charge in [-0.2, -0.15) is 18.7 Å². The van der Waals surface area contributed by atoms with Crippen LogP contribution in [0.2, 0.25) is 0 Å². The average Bonchev–Trinajstić information content (AvgIpc) is 3.29. The van der Waals surface area contributed by atoms with Gasteiger partial charge in [0, 0.05) is 16.7 Å². The molecule has 0 aliphatic carbocycles. The molecule has 33 heavy (non-hydrogen) atoms. The molecule has 1 heterocycles. The number of carbonyl (C=O) groups is 1. The number of carbonyl (C=O) groups excluding carboxylic acids is 1. The molecule has 0 unspecified atom stereocenters. The smallest absolute Gasteiger partial charge is 0.387 e. The molecule has 4 aromatic rings. The van der Waals surface area contributed by atoms with Crippen molar-refractivity contribution < 1.29 is 18.3 Å². The van der Waals surface area contributed by atoms with Crippen LogP contribution in [0.5, 0.6) is 5.75 Å². The zero-order chi connectivity index (χ0) is 23.0. The van der Waals surface area contributed by atoms with Crippen molar-refractivity contribution in [3.8, 4) is 17.1 Å². The number of alkyl halides is 2. The van der Waals surface area contributed by atoms with Crippen molar-refractivity contribution in [2.75, 3.05) is 0 Å². The van der Waals surface area contributed by atoms with Gasteiger partial charge in [0.15, 0.2) is 0 Å². The average molecular weight is 448 g/mol. The Morgan fingerprint density at radius 1 is 1.03 bits per heavy atom. The highest BCUT2D eigenvalue weighted by atomic mass is 19.3. The van der Waals surface area contributed by atoms with E-state index in [1.807, 2.05) is 30.3 Å². The van der Waals surface area contributed by atoms with Gasteiger partial charge in [-0.3, -0.25) is 4.79 Å². The van der Waals surface area contributed by atoms with E-state index in [0.29, 0.717) is 23.5 Å². The molecule has 4 rings (SSSR count). The number of halogens is 2. The van der Waals surface area contributed by atoms with Crippen molar-refractivity contribution in [3.63, 3.8) is 0 Å². The lowest BCUT2D eigenvalue weighted by Crippen LogP contribution is -2.17. The molecular weight excluding hydrogens is 430 g/mol. The summed E-state index contributed by atoms with van der Waals surface area (Å²) in [5, 5.41) is 16.3. The van der Waals surface area contributed by atoms with Gasteiger partial charge in [-0.15, -0.1) is 10.2 Å². The van der Waals surface area contributed by atoms with Crippen LogP contribution in [0.4, 0.5) is 8.78 Å². The van der Waals surface area contributed by atoms with E-state index in [2.05, 4.69) is 30.7 Å². The van der Waals surface area contributed by atoms with Crippen LogP contribution in [0, 0.1) is 0 Å². The van der Waals surface area contributed by atoms with Crippen molar-refractivity contribution in [2.24, 2.45) is 5.10 Å². The van der Waals surface area contributed by atoms with Crippen LogP contribution in [-0.2, 0) is 6.54 Å². The van der Waals surface area contributed by atoms with Crippen molar-refractivity contribution in [2.45, 2.75) is 13.2 Å². The number of para-hydroxylation sites is 1. The summed E-state index contributed by atoms with van der Waals surface area (Å²) in [6.07, 6.45) is 1.24. The second-order valence-electron chi connectivity index (χ2n) is 6.82. The fourth-order valence-electron chi connectivity index (χ4n) is 2.95. The Bertz CT molecular complexity index is 1240. The summed E-state index contributed by atoms with van der Waals surface area (Å²) in [5.74, 6) is 0.0484. The number of tetrazole rings is 1. The van der Waals surface area contributed by atoms with Gasteiger partial charge in [0.2, 0.25) is 5.82 Å². The first-order valence-electron chi connectivity index (χ1n) is 9.88. The molecule has 0 fully saturated rings. The minimum atomic E-state index is -2.95. The van der Waals surface area contributed by atoms with Gasteiger partial charge in [-0.05, 0) is 35.0 Å². The van der Waals surface area contributed by atoms with Gasteiger partial charge in [-0.1, -0.05) is 54.6 Å². The number of ether oxygens (including phenoxy) is 1. The summed E-state index contributed by atoms with van der Waals surface area (Å²) < 4.78 is 29.4. The first kappa shape index (κ1) is 21.8. The minimum absolute atomic E-state index is 0.0352. The third-order valence-corrected chi connectivity index (χ3v) is 4.53. The maximum absolute atomic E-state index is 12.5. The number of amides is 1. The first-order chi connectivity index (χ1) is 16.1. The number of aromatic nitrogens is 4. The van der Waals surface area contributed by atoms with Gasteiger partial charge < -0.3 is 4.74 Å². The van der Waals surface area contributed by atoms with E-state index in [9.17, 15) is 13.6 Å². The second-order valence-corrected chi connectivity index (χ2v) is 6.82. The maximum Gasteiger partial charge on any atom is 0.387 e. The lowest BCUT2D eigenvalue weighted by Gasteiger charge is -2.07. The summed E-state index contributed by atoms with van der Waals surface area (Å²) in [6.45, 7) is -2.56. The Kier molecular flexibility index (Phi) is 6.74. The van der Waals surface area contributed by atoms with Crippen molar-refractivity contribution in [1.29, 1.82) is 0 Å². The minimum Gasteiger partial charge on any atom is -0.434 e. The Morgan fingerprint density at radius 3 is 2.52 bits per heavy atom. The number of hydrogen-bond donors (Lipinski definition) is 1. The maximum atomic E-state index is 12.5. The number of benzene rings is 3. The molecule has 0 saturated carbocycles. The molecule has 0 saturated heterocycles. The first-order valence-corrected chi connectivity index (χ1v) is 9.88. The van der Waals surface area contributed by atoms with Crippen LogP contribution < -0.4 is 10.2 Å². The lowest BCUT2D eigenvalue weighted by atomic mass is 10.1. The Hall–Kier alpha value is -4.47. The molecule has 0 aliphatic rings. The van der Waals surface area contributed by atoms with E-state index >= 15 is 0 Å². The predicted molar refractivity (Wildman–Crippen MR) is 117 cm³/mol. The molecular formula is C23H18F2N6O2. The molecule has 1 N–H and O–H groups in total. The summed E-state index contributed by atoms with van der Waals surface area (Å²) in [6, 6.07) is 22.5. The van der Waals surface area contributed by atoms with Crippen LogP contribution in [0.3, 0.4) is 0 Å². The molecule has 0 aliphatic heterocycles. The summed E-state index contributed by atoms with van der Waals surface area (Å²) in [4.78, 5) is 13.8. The molecule has 166 valence electrons. The number of hydrazone groups is 1. The Balaban J connectivity index is 1.35. The summed E-state index contributed by atoms with van der Waals surface area (Å²) in [7, 11) is 0. The molecule has 1 aromatic heterocycles.